The maximum Gasteiger partial charge on any atom is 0.244 e. The molecule has 18 heavy (non-hydrogen) atoms. The molecule has 92 valence electrons. The summed E-state index contributed by atoms with van der Waals surface area (Å²) in [4.78, 5) is 3.95. The van der Waals surface area contributed by atoms with Gasteiger partial charge in [0.15, 0.2) is 0 Å². The summed E-state index contributed by atoms with van der Waals surface area (Å²) in [6.45, 7) is 0. The molecule has 4 nitrogen and oxygen atoms in total. The molecule has 1 unspecified atom stereocenters. The Kier molecular flexibility index (Phi) is 3.35. The van der Waals surface area contributed by atoms with E-state index in [-0.39, 0.29) is 23.7 Å². The van der Waals surface area contributed by atoms with Crippen molar-refractivity contribution in [2.45, 2.75) is 12.5 Å². The standard InChI is InChI=1S/C12H9F2N3O/c1-2-3-10(15)12-16-11(17-18-12)7-4-8(13)6-9(14)5-7/h1,4-6,10H,3,15H2. The number of terminal acetylenes is 1. The van der Waals surface area contributed by atoms with Crippen LogP contribution in [0.2, 0.25) is 0 Å². The SMILES string of the molecule is C#CCC(N)c1nc(-c2cc(F)cc(F)c2)no1. The fraction of sp³-hybridized carbons (Fsp3) is 0.167. The van der Waals surface area contributed by atoms with E-state index in [4.69, 9.17) is 16.7 Å². The van der Waals surface area contributed by atoms with Crippen LogP contribution in [0.1, 0.15) is 18.4 Å². The average Bonchev–Trinajstić information content (AvgIpc) is 2.77. The lowest BCUT2D eigenvalue weighted by atomic mass is 10.2. The second-order valence-electron chi connectivity index (χ2n) is 3.63. The molecule has 0 aliphatic heterocycles. The fourth-order valence-electron chi connectivity index (χ4n) is 1.40. The molecular formula is C12H9F2N3O. The van der Waals surface area contributed by atoms with Crippen LogP contribution in [-0.4, -0.2) is 10.1 Å². The summed E-state index contributed by atoms with van der Waals surface area (Å²) in [6.07, 6.45) is 5.34. The van der Waals surface area contributed by atoms with Gasteiger partial charge in [-0.25, -0.2) is 8.78 Å². The number of hydrogen-bond acceptors (Lipinski definition) is 4. The molecule has 1 aromatic heterocycles. The lowest BCUT2D eigenvalue weighted by Crippen LogP contribution is -2.09. The molecule has 0 fully saturated rings. The van der Waals surface area contributed by atoms with Crippen LogP contribution in [0.4, 0.5) is 8.78 Å². The Hall–Kier alpha value is -2.26. The highest BCUT2D eigenvalue weighted by Crippen LogP contribution is 2.20. The molecule has 2 aromatic rings. The Morgan fingerprint density at radius 3 is 2.61 bits per heavy atom. The summed E-state index contributed by atoms with van der Waals surface area (Å²) in [5.41, 5.74) is 5.85. The van der Waals surface area contributed by atoms with Gasteiger partial charge in [-0.3, -0.25) is 0 Å². The van der Waals surface area contributed by atoms with E-state index in [2.05, 4.69) is 16.1 Å². The molecule has 1 aromatic carbocycles. The molecule has 1 atom stereocenters. The molecule has 0 saturated carbocycles. The van der Waals surface area contributed by atoms with E-state index < -0.39 is 17.7 Å². The molecule has 0 aliphatic carbocycles. The van der Waals surface area contributed by atoms with Gasteiger partial charge < -0.3 is 10.3 Å². The van der Waals surface area contributed by atoms with Crippen molar-refractivity contribution in [2.75, 3.05) is 0 Å². The lowest BCUT2D eigenvalue weighted by molar-refractivity contribution is 0.357. The zero-order valence-corrected chi connectivity index (χ0v) is 9.23. The van der Waals surface area contributed by atoms with E-state index in [0.29, 0.717) is 0 Å². The van der Waals surface area contributed by atoms with E-state index in [9.17, 15) is 8.78 Å². The third kappa shape index (κ3) is 2.52. The Morgan fingerprint density at radius 2 is 2.00 bits per heavy atom. The first-order valence-electron chi connectivity index (χ1n) is 5.09. The number of benzene rings is 1. The molecule has 0 aliphatic rings. The predicted molar refractivity (Wildman–Crippen MR) is 60.0 cm³/mol. The monoisotopic (exact) mass is 249 g/mol. The van der Waals surface area contributed by atoms with Gasteiger partial charge in [0, 0.05) is 18.1 Å². The molecule has 0 spiro atoms. The Balaban J connectivity index is 2.32. The molecule has 2 N–H and O–H groups in total. The van der Waals surface area contributed by atoms with Gasteiger partial charge in [-0.2, -0.15) is 4.98 Å². The number of nitrogens with two attached hydrogens (primary N) is 1. The Morgan fingerprint density at radius 1 is 1.33 bits per heavy atom. The molecule has 2 rings (SSSR count). The van der Waals surface area contributed by atoms with Crippen molar-refractivity contribution in [3.05, 3.63) is 35.7 Å². The molecule has 0 amide bonds. The van der Waals surface area contributed by atoms with E-state index in [1.54, 1.807) is 0 Å². The molecule has 0 saturated heterocycles. The highest BCUT2D eigenvalue weighted by atomic mass is 19.1. The normalized spacial score (nSPS) is 12.1. The van der Waals surface area contributed by atoms with Crippen LogP contribution in [0, 0.1) is 24.0 Å². The van der Waals surface area contributed by atoms with Crippen LogP contribution in [0.15, 0.2) is 22.7 Å². The summed E-state index contributed by atoms with van der Waals surface area (Å²) in [5, 5.41) is 3.60. The van der Waals surface area contributed by atoms with Gasteiger partial charge >= 0.3 is 0 Å². The number of hydrogen-bond donors (Lipinski definition) is 1. The van der Waals surface area contributed by atoms with Crippen molar-refractivity contribution in [3.63, 3.8) is 0 Å². The molecular weight excluding hydrogens is 240 g/mol. The van der Waals surface area contributed by atoms with Crippen LogP contribution in [0.3, 0.4) is 0 Å². The summed E-state index contributed by atoms with van der Waals surface area (Å²) in [6, 6.07) is 2.37. The lowest BCUT2D eigenvalue weighted by Gasteiger charge is -1.99. The first-order chi connectivity index (χ1) is 8.60. The van der Waals surface area contributed by atoms with Crippen molar-refractivity contribution >= 4 is 0 Å². The summed E-state index contributed by atoms with van der Waals surface area (Å²) < 4.78 is 30.9. The van der Waals surface area contributed by atoms with Gasteiger partial charge in [0.1, 0.15) is 11.6 Å². The topological polar surface area (TPSA) is 64.9 Å². The van der Waals surface area contributed by atoms with Gasteiger partial charge in [0.2, 0.25) is 11.7 Å². The summed E-state index contributed by atoms with van der Waals surface area (Å²) in [7, 11) is 0. The minimum Gasteiger partial charge on any atom is -0.337 e. The zero-order chi connectivity index (χ0) is 13.1. The molecule has 0 radical (unpaired) electrons. The van der Waals surface area contributed by atoms with Gasteiger partial charge in [-0.1, -0.05) is 5.16 Å². The Bertz CT molecular complexity index is 583. The highest BCUT2D eigenvalue weighted by Gasteiger charge is 2.15. The van der Waals surface area contributed by atoms with Crippen LogP contribution in [-0.2, 0) is 0 Å². The second kappa shape index (κ2) is 4.94. The predicted octanol–water partition coefficient (Wildman–Crippen LogP) is 2.04. The summed E-state index contributed by atoms with van der Waals surface area (Å²) in [5.74, 6) is 1.12. The number of nitrogens with zero attached hydrogens (tertiary/aromatic N) is 2. The van der Waals surface area contributed by atoms with Crippen molar-refractivity contribution in [1.29, 1.82) is 0 Å². The molecule has 1 heterocycles. The number of rotatable bonds is 3. The third-order valence-electron chi connectivity index (χ3n) is 2.22. The summed E-state index contributed by atoms with van der Waals surface area (Å²) >= 11 is 0. The van der Waals surface area contributed by atoms with Crippen molar-refractivity contribution in [1.82, 2.24) is 10.1 Å². The molecule has 6 heteroatoms. The van der Waals surface area contributed by atoms with Crippen LogP contribution < -0.4 is 5.73 Å². The molecule has 0 bridgehead atoms. The maximum absolute atomic E-state index is 13.0. The third-order valence-corrected chi connectivity index (χ3v) is 2.22. The van der Waals surface area contributed by atoms with Gasteiger partial charge in [0.05, 0.1) is 6.04 Å². The maximum atomic E-state index is 13.0. The van der Waals surface area contributed by atoms with E-state index in [1.807, 2.05) is 0 Å². The van der Waals surface area contributed by atoms with Crippen molar-refractivity contribution in [2.24, 2.45) is 5.73 Å². The quantitative estimate of drug-likeness (QED) is 0.845. The average molecular weight is 249 g/mol. The van der Waals surface area contributed by atoms with E-state index in [1.165, 1.54) is 0 Å². The minimum atomic E-state index is -0.718. The largest absolute Gasteiger partial charge is 0.337 e. The second-order valence-corrected chi connectivity index (χ2v) is 3.63. The van der Waals surface area contributed by atoms with Gasteiger partial charge in [-0.15, -0.1) is 12.3 Å². The van der Waals surface area contributed by atoms with E-state index in [0.717, 1.165) is 18.2 Å². The minimum absolute atomic E-state index is 0.0656. The highest BCUT2D eigenvalue weighted by molar-refractivity contribution is 5.54. The number of aromatic nitrogens is 2. The van der Waals surface area contributed by atoms with Crippen LogP contribution in [0.5, 0.6) is 0 Å². The number of halogens is 2. The van der Waals surface area contributed by atoms with Crippen molar-refractivity contribution < 1.29 is 13.3 Å². The smallest absolute Gasteiger partial charge is 0.244 e. The van der Waals surface area contributed by atoms with Crippen LogP contribution >= 0.6 is 0 Å². The van der Waals surface area contributed by atoms with E-state index >= 15 is 0 Å². The van der Waals surface area contributed by atoms with Gasteiger partial charge in [0.25, 0.3) is 0 Å². The van der Waals surface area contributed by atoms with Gasteiger partial charge in [-0.05, 0) is 12.1 Å². The first kappa shape index (κ1) is 12.2. The fourth-order valence-corrected chi connectivity index (χ4v) is 1.40. The van der Waals surface area contributed by atoms with Crippen molar-refractivity contribution in [3.8, 4) is 23.7 Å². The van der Waals surface area contributed by atoms with Crippen LogP contribution in [0.25, 0.3) is 11.4 Å². The first-order valence-corrected chi connectivity index (χ1v) is 5.09. The Labute approximate surface area is 102 Å². The zero-order valence-electron chi connectivity index (χ0n) is 9.23.